The normalized spacial score (nSPS) is 20.7. The minimum Gasteiger partial charge on any atom is -0.253 e. The van der Waals surface area contributed by atoms with Crippen molar-refractivity contribution in [2.45, 2.75) is 44.4 Å². The maximum atomic E-state index is 4.15. The van der Waals surface area contributed by atoms with E-state index in [0.717, 1.165) is 5.92 Å². The number of nitrogens with zero attached hydrogens (tertiary/aromatic N) is 1. The zero-order valence-corrected chi connectivity index (χ0v) is 8.15. The van der Waals surface area contributed by atoms with Gasteiger partial charge in [0.05, 0.1) is 5.51 Å². The Balaban J connectivity index is 2.02. The van der Waals surface area contributed by atoms with Crippen molar-refractivity contribution in [3.8, 4) is 0 Å². The highest BCUT2D eigenvalue weighted by atomic mass is 32.1. The van der Waals surface area contributed by atoms with E-state index in [1.165, 1.54) is 43.4 Å². The third-order valence-corrected chi connectivity index (χ3v) is 3.65. The van der Waals surface area contributed by atoms with Crippen molar-refractivity contribution in [2.24, 2.45) is 0 Å². The first-order valence-electron chi connectivity index (χ1n) is 4.85. The van der Waals surface area contributed by atoms with Gasteiger partial charge in [-0.3, -0.25) is 4.98 Å². The van der Waals surface area contributed by atoms with E-state index in [0.29, 0.717) is 0 Å². The number of hydrogen-bond acceptors (Lipinski definition) is 2. The molecule has 1 fully saturated rings. The number of aromatic nitrogens is 1. The molecule has 0 bridgehead atoms. The first-order chi connectivity index (χ1) is 5.97. The van der Waals surface area contributed by atoms with E-state index < -0.39 is 0 Å². The smallest absolute Gasteiger partial charge is 0.0794 e. The highest BCUT2D eigenvalue weighted by molar-refractivity contribution is 7.09. The molecule has 1 saturated carbocycles. The molecule has 2 rings (SSSR count). The van der Waals surface area contributed by atoms with Crippen LogP contribution in [-0.4, -0.2) is 4.98 Å². The maximum absolute atomic E-state index is 4.15. The molecule has 1 heterocycles. The Morgan fingerprint density at radius 2 is 1.92 bits per heavy atom. The Morgan fingerprint density at radius 3 is 2.50 bits per heavy atom. The molecule has 1 aliphatic rings. The van der Waals surface area contributed by atoms with Crippen molar-refractivity contribution in [2.75, 3.05) is 0 Å². The molecule has 0 aliphatic heterocycles. The second kappa shape index (κ2) is 4.04. The fourth-order valence-corrected chi connectivity index (χ4v) is 2.78. The zero-order valence-electron chi connectivity index (χ0n) is 7.33. The third-order valence-electron chi connectivity index (χ3n) is 2.71. The minimum atomic E-state index is 0.833. The van der Waals surface area contributed by atoms with E-state index in [1.54, 1.807) is 0 Å². The standard InChI is InChI=1S/C10H15NS/c1-2-4-6-9(5-3-1)10-7-11-8-12-10/h7-9H,1-6H2. The lowest BCUT2D eigenvalue weighted by atomic mass is 9.99. The van der Waals surface area contributed by atoms with E-state index >= 15 is 0 Å². The minimum absolute atomic E-state index is 0.833. The molecule has 2 heteroatoms. The van der Waals surface area contributed by atoms with Gasteiger partial charge in [0.1, 0.15) is 0 Å². The van der Waals surface area contributed by atoms with Gasteiger partial charge in [0.25, 0.3) is 0 Å². The summed E-state index contributed by atoms with van der Waals surface area (Å²) in [4.78, 5) is 5.66. The lowest BCUT2D eigenvalue weighted by Crippen LogP contribution is -1.93. The summed E-state index contributed by atoms with van der Waals surface area (Å²) >= 11 is 1.83. The number of thiazole rings is 1. The van der Waals surface area contributed by atoms with Gasteiger partial charge in [0, 0.05) is 11.1 Å². The van der Waals surface area contributed by atoms with Crippen LogP contribution < -0.4 is 0 Å². The molecule has 1 aromatic rings. The summed E-state index contributed by atoms with van der Waals surface area (Å²) in [5.41, 5.74) is 1.96. The van der Waals surface area contributed by atoms with Crippen molar-refractivity contribution in [3.63, 3.8) is 0 Å². The van der Waals surface area contributed by atoms with Gasteiger partial charge in [-0.2, -0.15) is 0 Å². The maximum Gasteiger partial charge on any atom is 0.0794 e. The average molecular weight is 181 g/mol. The summed E-state index contributed by atoms with van der Waals surface area (Å²) in [5, 5.41) is 0. The van der Waals surface area contributed by atoms with Crippen molar-refractivity contribution >= 4 is 11.3 Å². The van der Waals surface area contributed by atoms with Crippen LogP contribution in [0.5, 0.6) is 0 Å². The molecule has 1 aliphatic carbocycles. The van der Waals surface area contributed by atoms with Gasteiger partial charge >= 0.3 is 0 Å². The molecule has 0 spiro atoms. The molecule has 0 aromatic carbocycles. The largest absolute Gasteiger partial charge is 0.253 e. The second-order valence-electron chi connectivity index (χ2n) is 3.59. The Hall–Kier alpha value is -0.370. The summed E-state index contributed by atoms with van der Waals surface area (Å²) in [6.07, 6.45) is 10.6. The Morgan fingerprint density at radius 1 is 1.17 bits per heavy atom. The molecular formula is C10H15NS. The molecule has 0 radical (unpaired) electrons. The second-order valence-corrected chi connectivity index (χ2v) is 4.51. The average Bonchev–Trinajstić information content (AvgIpc) is 2.48. The van der Waals surface area contributed by atoms with Crippen LogP contribution in [0.15, 0.2) is 11.7 Å². The highest BCUT2D eigenvalue weighted by Gasteiger charge is 2.14. The molecule has 12 heavy (non-hydrogen) atoms. The van der Waals surface area contributed by atoms with Gasteiger partial charge in [-0.25, -0.2) is 0 Å². The van der Waals surface area contributed by atoms with Crippen LogP contribution in [0.25, 0.3) is 0 Å². The molecule has 0 amide bonds. The highest BCUT2D eigenvalue weighted by Crippen LogP contribution is 2.33. The van der Waals surface area contributed by atoms with Crippen LogP contribution in [0.1, 0.15) is 49.3 Å². The topological polar surface area (TPSA) is 12.9 Å². The molecule has 0 saturated heterocycles. The van der Waals surface area contributed by atoms with Crippen LogP contribution in [0.3, 0.4) is 0 Å². The van der Waals surface area contributed by atoms with Gasteiger partial charge in [0.2, 0.25) is 0 Å². The zero-order chi connectivity index (χ0) is 8.23. The van der Waals surface area contributed by atoms with Crippen molar-refractivity contribution in [1.29, 1.82) is 0 Å². The van der Waals surface area contributed by atoms with Crippen molar-refractivity contribution in [1.82, 2.24) is 4.98 Å². The summed E-state index contributed by atoms with van der Waals surface area (Å²) in [7, 11) is 0. The van der Waals surface area contributed by atoms with Gasteiger partial charge in [0.15, 0.2) is 0 Å². The first kappa shape index (κ1) is 8.24. The summed E-state index contributed by atoms with van der Waals surface area (Å²) in [5.74, 6) is 0.833. The Labute approximate surface area is 77.8 Å². The van der Waals surface area contributed by atoms with Crippen molar-refractivity contribution in [3.05, 3.63) is 16.6 Å². The molecule has 0 unspecified atom stereocenters. The fraction of sp³-hybridized carbons (Fsp3) is 0.700. The monoisotopic (exact) mass is 181 g/mol. The van der Waals surface area contributed by atoms with E-state index in [-0.39, 0.29) is 0 Å². The lowest BCUT2D eigenvalue weighted by Gasteiger charge is -2.09. The van der Waals surface area contributed by atoms with Crippen LogP contribution in [0.4, 0.5) is 0 Å². The van der Waals surface area contributed by atoms with E-state index in [4.69, 9.17) is 0 Å². The van der Waals surface area contributed by atoms with Gasteiger partial charge in [-0.15, -0.1) is 11.3 Å². The van der Waals surface area contributed by atoms with E-state index in [2.05, 4.69) is 11.2 Å². The van der Waals surface area contributed by atoms with Gasteiger partial charge < -0.3 is 0 Å². The summed E-state index contributed by atoms with van der Waals surface area (Å²) in [6, 6.07) is 0. The quantitative estimate of drug-likeness (QED) is 0.603. The number of rotatable bonds is 1. The summed E-state index contributed by atoms with van der Waals surface area (Å²) in [6.45, 7) is 0. The van der Waals surface area contributed by atoms with E-state index in [1.807, 2.05) is 16.8 Å². The van der Waals surface area contributed by atoms with E-state index in [9.17, 15) is 0 Å². The molecule has 1 aromatic heterocycles. The lowest BCUT2D eigenvalue weighted by molar-refractivity contribution is 0.601. The molecule has 0 atom stereocenters. The van der Waals surface area contributed by atoms with Crippen LogP contribution in [-0.2, 0) is 0 Å². The van der Waals surface area contributed by atoms with Gasteiger partial charge in [-0.1, -0.05) is 25.7 Å². The van der Waals surface area contributed by atoms with Crippen LogP contribution in [0.2, 0.25) is 0 Å². The van der Waals surface area contributed by atoms with Crippen LogP contribution >= 0.6 is 11.3 Å². The third kappa shape index (κ3) is 1.86. The van der Waals surface area contributed by atoms with Crippen molar-refractivity contribution < 1.29 is 0 Å². The predicted octanol–water partition coefficient (Wildman–Crippen LogP) is 3.58. The Bertz CT molecular complexity index is 210. The van der Waals surface area contributed by atoms with Gasteiger partial charge in [-0.05, 0) is 18.8 Å². The SMILES string of the molecule is c1ncc(C2CCCCCC2)s1. The van der Waals surface area contributed by atoms with Crippen LogP contribution in [0, 0.1) is 0 Å². The molecule has 66 valence electrons. The fourth-order valence-electron chi connectivity index (χ4n) is 1.99. The molecule has 1 nitrogen and oxygen atoms in total. The molecular weight excluding hydrogens is 166 g/mol. The first-order valence-corrected chi connectivity index (χ1v) is 5.73. The predicted molar refractivity (Wildman–Crippen MR) is 52.6 cm³/mol. The Kier molecular flexibility index (Phi) is 2.77. The molecule has 0 N–H and O–H groups in total. The summed E-state index contributed by atoms with van der Waals surface area (Å²) < 4.78 is 0. The number of hydrogen-bond donors (Lipinski definition) is 0.